The van der Waals surface area contributed by atoms with Crippen LogP contribution in [-0.4, -0.2) is 22.4 Å². The topological polar surface area (TPSA) is 9.23 Å². The third-order valence-corrected chi connectivity index (χ3v) is 2.12. The predicted octanol–water partition coefficient (Wildman–Crippen LogP) is 0.0541. The van der Waals surface area contributed by atoms with Gasteiger partial charge in [0, 0.05) is 0 Å². The molecule has 1 aliphatic rings. The summed E-state index contributed by atoms with van der Waals surface area (Å²) in [6.07, 6.45) is 0. The van der Waals surface area contributed by atoms with Crippen molar-refractivity contribution in [3.05, 3.63) is 0 Å². The molecular weight excluding hydrogens is 113 g/mol. The first kappa shape index (κ1) is 2.72. The fraction of sp³-hybridized carbons (Fsp3) is 1.00. The molecule has 22 valence electrons. The van der Waals surface area contributed by atoms with Gasteiger partial charge in [-0.25, -0.2) is 0 Å². The second kappa shape index (κ2) is 1.08. The van der Waals surface area contributed by atoms with E-state index in [1.807, 2.05) is 0 Å². The first-order chi connectivity index (χ1) is 2.00. The molecule has 1 heterocycles. The average Bonchev–Trinajstić information content (AvgIpc) is 0.722. The van der Waals surface area contributed by atoms with Crippen molar-refractivity contribution in [1.82, 2.24) is 0 Å². The molecule has 2 heteroatoms. The Morgan fingerprint density at radius 2 is 2.00 bits per heavy atom. The fourth-order valence-corrected chi connectivity index (χ4v) is 0.530. The molecule has 0 aromatic rings. The van der Waals surface area contributed by atoms with Gasteiger partial charge in [-0.15, -0.1) is 0 Å². The normalized spacial score (nSPS) is 24.0. The summed E-state index contributed by atoms with van der Waals surface area (Å²) in [4.78, 5) is 0. The van der Waals surface area contributed by atoms with Crippen LogP contribution in [0.4, 0.5) is 0 Å². The summed E-state index contributed by atoms with van der Waals surface area (Å²) in [5, 5.41) is 1.40. The molecule has 1 aliphatic heterocycles. The Balaban J connectivity index is 2.00. The maximum atomic E-state index is 4.85. The molecule has 0 atom stereocenters. The van der Waals surface area contributed by atoms with Gasteiger partial charge in [-0.2, -0.15) is 0 Å². The Labute approximate surface area is 32.2 Å². The van der Waals surface area contributed by atoms with Crippen LogP contribution in [0.15, 0.2) is 0 Å². The van der Waals surface area contributed by atoms with E-state index in [1.165, 1.54) is 5.25 Å². The summed E-state index contributed by atoms with van der Waals surface area (Å²) in [7, 11) is 0. The fourth-order valence-electron chi connectivity index (χ4n) is 0.102. The Bertz CT molecular complexity index is 14.0. The van der Waals surface area contributed by atoms with Crippen LogP contribution in [-0.2, 0) is 3.76 Å². The van der Waals surface area contributed by atoms with Gasteiger partial charge in [0.05, 0.1) is 0 Å². The molecular formula is C2H4GeO. The molecule has 4 heavy (non-hydrogen) atoms. The van der Waals surface area contributed by atoms with E-state index in [4.69, 9.17) is 3.76 Å². The number of hydrogen-bond acceptors (Lipinski definition) is 1. The van der Waals surface area contributed by atoms with Gasteiger partial charge in [0.25, 0.3) is 0 Å². The number of rotatable bonds is 0. The van der Waals surface area contributed by atoms with Crippen molar-refractivity contribution in [3.63, 3.8) is 0 Å². The molecule has 0 saturated carbocycles. The zero-order valence-electron chi connectivity index (χ0n) is 2.32. The summed E-state index contributed by atoms with van der Waals surface area (Å²) in [6, 6.07) is 0. The molecule has 0 bridgehead atoms. The zero-order chi connectivity index (χ0) is 2.83. The second-order valence-electron chi connectivity index (χ2n) is 0.743. The van der Waals surface area contributed by atoms with Crippen molar-refractivity contribution in [3.8, 4) is 0 Å². The van der Waals surface area contributed by atoms with Crippen molar-refractivity contribution >= 4 is 15.8 Å². The molecule has 0 aliphatic carbocycles. The molecule has 0 aromatic heterocycles. The molecule has 1 rings (SSSR count). The van der Waals surface area contributed by atoms with Gasteiger partial charge in [-0.3, -0.25) is 0 Å². The maximum absolute atomic E-state index is 4.85. The van der Waals surface area contributed by atoms with Gasteiger partial charge < -0.3 is 0 Å². The Morgan fingerprint density at radius 3 is 2.00 bits per heavy atom. The van der Waals surface area contributed by atoms with Crippen molar-refractivity contribution in [2.24, 2.45) is 0 Å². The third-order valence-electron chi connectivity index (χ3n) is 0.408. The first-order valence-electron chi connectivity index (χ1n) is 1.35. The summed E-state index contributed by atoms with van der Waals surface area (Å²) >= 11 is 0.194. The van der Waals surface area contributed by atoms with Crippen molar-refractivity contribution in [2.75, 3.05) is 6.61 Å². The molecule has 2 radical (unpaired) electrons. The Kier molecular flexibility index (Phi) is 0.737. The van der Waals surface area contributed by atoms with Crippen LogP contribution in [0.5, 0.6) is 0 Å². The van der Waals surface area contributed by atoms with E-state index in [2.05, 4.69) is 0 Å². The summed E-state index contributed by atoms with van der Waals surface area (Å²) in [5.74, 6) is 0. The molecule has 1 nitrogen and oxygen atoms in total. The average molecular weight is 117 g/mol. The van der Waals surface area contributed by atoms with E-state index in [0.717, 1.165) is 6.61 Å². The molecule has 0 aromatic carbocycles. The van der Waals surface area contributed by atoms with Gasteiger partial charge in [-0.05, 0) is 0 Å². The van der Waals surface area contributed by atoms with E-state index < -0.39 is 0 Å². The standard InChI is InChI=1S/C2H4GeO/c1-2-4-3-1/h1-2H2. The SMILES string of the molecule is C1[CH2][Ge][O]1. The molecule has 1 saturated heterocycles. The van der Waals surface area contributed by atoms with Gasteiger partial charge in [0.1, 0.15) is 0 Å². The van der Waals surface area contributed by atoms with Crippen LogP contribution in [0, 0.1) is 0 Å². The van der Waals surface area contributed by atoms with E-state index in [-0.39, 0.29) is 15.8 Å². The Hall–Kier alpha value is 0.503. The van der Waals surface area contributed by atoms with Gasteiger partial charge >= 0.3 is 31.4 Å². The van der Waals surface area contributed by atoms with Gasteiger partial charge in [0.15, 0.2) is 0 Å². The van der Waals surface area contributed by atoms with Crippen LogP contribution in [0.25, 0.3) is 0 Å². The predicted molar refractivity (Wildman–Crippen MR) is 16.5 cm³/mol. The molecule has 0 N–H and O–H groups in total. The summed E-state index contributed by atoms with van der Waals surface area (Å²) < 4.78 is 4.85. The van der Waals surface area contributed by atoms with Crippen LogP contribution >= 0.6 is 0 Å². The van der Waals surface area contributed by atoms with Gasteiger partial charge in [0.2, 0.25) is 0 Å². The molecule has 0 unspecified atom stereocenters. The molecule has 0 spiro atoms. The van der Waals surface area contributed by atoms with Crippen LogP contribution in [0.1, 0.15) is 0 Å². The van der Waals surface area contributed by atoms with Crippen molar-refractivity contribution in [1.29, 1.82) is 0 Å². The van der Waals surface area contributed by atoms with Crippen molar-refractivity contribution < 1.29 is 3.76 Å². The Morgan fingerprint density at radius 1 is 1.75 bits per heavy atom. The van der Waals surface area contributed by atoms with E-state index in [9.17, 15) is 0 Å². The van der Waals surface area contributed by atoms with Crippen LogP contribution < -0.4 is 0 Å². The first-order valence-corrected chi connectivity index (χ1v) is 3.69. The number of hydrogen-bond donors (Lipinski definition) is 0. The van der Waals surface area contributed by atoms with Gasteiger partial charge in [-0.1, -0.05) is 0 Å². The zero-order valence-corrected chi connectivity index (χ0v) is 4.42. The van der Waals surface area contributed by atoms with Crippen molar-refractivity contribution in [2.45, 2.75) is 5.25 Å². The van der Waals surface area contributed by atoms with E-state index in [0.29, 0.717) is 0 Å². The molecule has 0 amide bonds. The quantitative estimate of drug-likeness (QED) is 0.407. The van der Waals surface area contributed by atoms with E-state index >= 15 is 0 Å². The molecule has 1 fully saturated rings. The minimum absolute atomic E-state index is 0.194. The third kappa shape index (κ3) is 0.279. The summed E-state index contributed by atoms with van der Waals surface area (Å²) in [5.41, 5.74) is 0. The monoisotopic (exact) mass is 118 g/mol. The second-order valence-corrected chi connectivity index (χ2v) is 3.00. The van der Waals surface area contributed by atoms with Crippen LogP contribution in [0.3, 0.4) is 0 Å². The summed E-state index contributed by atoms with van der Waals surface area (Å²) in [6.45, 7) is 1.06. The van der Waals surface area contributed by atoms with Crippen LogP contribution in [0.2, 0.25) is 5.25 Å². The van der Waals surface area contributed by atoms with E-state index in [1.54, 1.807) is 0 Å². The minimum atomic E-state index is 0.194.